The number of rotatable bonds is 47. The normalized spacial score (nSPS) is 18.5. The molecular formula is C84H118N24O22S. The van der Waals surface area contributed by atoms with E-state index in [1.807, 2.05) is 0 Å². The van der Waals surface area contributed by atoms with Crippen molar-refractivity contribution in [3.05, 3.63) is 114 Å². The van der Waals surface area contributed by atoms with Crippen LogP contribution in [0.4, 0.5) is 0 Å². The number of fused-ring (bicyclic) bond motifs is 2. The summed E-state index contributed by atoms with van der Waals surface area (Å²) in [5, 5.41) is 65.9. The number of hydrogen-bond acceptors (Lipinski definition) is 25. The first kappa shape index (κ1) is 106. The van der Waals surface area contributed by atoms with Crippen molar-refractivity contribution in [1.82, 2.24) is 79.4 Å². The van der Waals surface area contributed by atoms with Crippen LogP contribution in [0.1, 0.15) is 127 Å². The third kappa shape index (κ3) is 35.5. The van der Waals surface area contributed by atoms with Gasteiger partial charge in [0.2, 0.25) is 106 Å². The summed E-state index contributed by atoms with van der Waals surface area (Å²) in [5.74, 6) is -22.7. The molecule has 6 rings (SSSR count). The fourth-order valence-electron chi connectivity index (χ4n) is 13.9. The number of nitrogens with two attached hydrogens (primary N) is 8. The number of hydrogen-bond donors (Lipinski definition) is 26. The predicted octanol–water partition coefficient (Wildman–Crippen LogP) is -7.06. The number of benzene rings is 4. The van der Waals surface area contributed by atoms with E-state index in [0.29, 0.717) is 38.7 Å². The second-order valence-corrected chi connectivity index (χ2v) is 32.7. The van der Waals surface area contributed by atoms with E-state index in [-0.39, 0.29) is 64.1 Å². The molecule has 47 heteroatoms. The fraction of sp³-hybridized carbons (Fsp3) is 0.476. The Bertz CT molecular complexity index is 4940. The highest BCUT2D eigenvalue weighted by molar-refractivity contribution is 7.99. The maximum Gasteiger partial charge on any atom is 0.303 e. The van der Waals surface area contributed by atoms with Gasteiger partial charge in [0.1, 0.15) is 90.4 Å². The van der Waals surface area contributed by atoms with Crippen LogP contribution in [-0.4, -0.2) is 255 Å². The third-order valence-electron chi connectivity index (χ3n) is 20.9. The van der Waals surface area contributed by atoms with Crippen molar-refractivity contribution >= 4 is 152 Å². The Labute approximate surface area is 756 Å². The number of aromatic nitrogens is 1. The lowest BCUT2D eigenvalue weighted by Gasteiger charge is -2.34. The number of primary amides is 5. The zero-order valence-electron chi connectivity index (χ0n) is 72.6. The van der Waals surface area contributed by atoms with Gasteiger partial charge in [0, 0.05) is 81.4 Å². The Kier molecular flexibility index (Phi) is 42.3. The standard InChI is InChI=1S/C84H118N24O22S/c1-43(109)69-81(128)104-61(38-49-41-95-52-14-7-6-13-51(49)52)77(124)98-54(22-25-64(87)111)72(119)105-63(42-131-34-28-57(74(121)97-55(75(122)107-69)23-26-65(88)112)99-71(118)53(96-44(2)110)15-10-32-94-83(92)93)79(126)101-59(36-45-17-20-50(21-18-45)130-33-31-86)76(123)102-60(37-46-16-19-47-11-4-5-12-48(47)35-46)80(127)108-84(3,29-8-9-30-85)82(129)106-56(24-27-68(115)116)73(120)103-62(40-67(90)114)78(125)100-58(70(91)117)39-66(89)113/h4-7,11-14,16-21,35,41,43,53-63,69,95,109H,8-10,15,22-34,36-40,42,85-86H2,1-3H3,(H2,87,111)(H2,88,112)(H2,89,113)(H2,90,114)(H2,91,117)(H,96,110)(H,97,121)(H,98,124)(H,99,118)(H,100,125)(H,101,126)(H,102,123)(H,103,120)(H,104,128)(H,105,119)(H,106,129)(H,107,122)(H,108,127)(H,115,116)(H4,92,93,94)/t43-,53-,54+,55+,56+,57+,58+,59+,60+,61+,62+,63+,69+,84+/m1/s1. The number of carboxylic acid groups (broad SMARTS) is 1. The summed E-state index contributed by atoms with van der Waals surface area (Å²) in [6.07, 6.45) is -7.76. The van der Waals surface area contributed by atoms with Gasteiger partial charge < -0.3 is 140 Å². The number of aliphatic hydroxyl groups is 1. The van der Waals surface area contributed by atoms with Gasteiger partial charge in [-0.05, 0) is 130 Å². The SMILES string of the molecule is CC(=O)N[C@H](CCCNC(=N)N)C(=O)N[C@H]1CCSC[C@@H](C(=O)N[C@@H](Cc2ccc(OCCN)cc2)C(=O)N[C@@H](Cc2ccc3ccccc3c2)C(=O)N[C@@](C)(CCCCN)C(=O)N[C@@H](CCC(=O)O)C(=O)N[C@@H](CC(N)=O)C(=O)N[C@@H](CC(N)=O)C(N)=O)NC(=O)[C@H](CCC(N)=O)NC(=O)[C@H](Cc2c[nH]c3ccccc23)NC(=O)[C@H]([C@@H](C)O)NC(=O)[C@H](CCC(N)=O)NC1=O. The lowest BCUT2D eigenvalue weighted by atomic mass is 9.91. The molecule has 131 heavy (non-hydrogen) atoms. The monoisotopic (exact) mass is 1850 g/mol. The van der Waals surface area contributed by atoms with E-state index in [4.69, 9.17) is 56.0 Å². The van der Waals surface area contributed by atoms with Crippen LogP contribution in [0.3, 0.4) is 0 Å². The molecule has 14 atom stereocenters. The Balaban J connectivity index is 1.51. The number of nitrogens with one attached hydrogen (secondary N) is 16. The fourth-order valence-corrected chi connectivity index (χ4v) is 14.9. The van der Waals surface area contributed by atoms with Crippen molar-refractivity contribution in [3.63, 3.8) is 0 Å². The number of carbonyl (C=O) groups excluding carboxylic acids is 18. The Morgan fingerprint density at radius 3 is 1.76 bits per heavy atom. The first-order valence-corrected chi connectivity index (χ1v) is 43.3. The van der Waals surface area contributed by atoms with Crippen LogP contribution in [0.15, 0.2) is 97.2 Å². The summed E-state index contributed by atoms with van der Waals surface area (Å²) < 4.78 is 5.73. The lowest BCUT2D eigenvalue weighted by molar-refractivity contribution is -0.140. The van der Waals surface area contributed by atoms with Gasteiger partial charge in [0.05, 0.1) is 18.9 Å². The Hall–Kier alpha value is -14.1. The van der Waals surface area contributed by atoms with Gasteiger partial charge in [0.15, 0.2) is 5.96 Å². The van der Waals surface area contributed by atoms with Crippen LogP contribution < -0.4 is 125 Å². The molecule has 0 saturated carbocycles. The van der Waals surface area contributed by atoms with Gasteiger partial charge in [-0.2, -0.15) is 11.8 Å². The molecule has 0 aliphatic carbocycles. The number of guanidine groups is 1. The van der Waals surface area contributed by atoms with E-state index in [9.17, 15) is 72.5 Å². The molecule has 1 fully saturated rings. The molecule has 1 saturated heterocycles. The van der Waals surface area contributed by atoms with Gasteiger partial charge in [-0.1, -0.05) is 72.8 Å². The minimum atomic E-state index is -2.18. The largest absolute Gasteiger partial charge is 0.492 e. The van der Waals surface area contributed by atoms with Crippen molar-refractivity contribution < 1.29 is 106 Å². The molecule has 1 aliphatic rings. The lowest BCUT2D eigenvalue weighted by Crippen LogP contribution is -2.64. The quantitative estimate of drug-likeness (QED) is 0.00978. The first-order valence-electron chi connectivity index (χ1n) is 42.1. The maximum atomic E-state index is 15.9. The average Bonchev–Trinajstić information content (AvgIpc) is 1.80. The predicted molar refractivity (Wildman–Crippen MR) is 476 cm³/mol. The summed E-state index contributed by atoms with van der Waals surface area (Å²) in [7, 11) is 0. The van der Waals surface area contributed by atoms with E-state index in [1.54, 1.807) is 66.7 Å². The Morgan fingerprint density at radius 1 is 0.573 bits per heavy atom. The molecule has 0 unspecified atom stereocenters. The van der Waals surface area contributed by atoms with Gasteiger partial charge in [-0.3, -0.25) is 96.5 Å². The third-order valence-corrected chi connectivity index (χ3v) is 22.0. The number of thioether (sulfide) groups is 1. The molecule has 1 aromatic heterocycles. The zero-order chi connectivity index (χ0) is 96.8. The van der Waals surface area contributed by atoms with Crippen LogP contribution >= 0.6 is 11.8 Å². The molecule has 712 valence electrons. The number of aromatic amines is 1. The van der Waals surface area contributed by atoms with Gasteiger partial charge >= 0.3 is 5.97 Å². The number of para-hydroxylation sites is 1. The van der Waals surface area contributed by atoms with Crippen LogP contribution in [-0.2, 0) is 110 Å². The van der Waals surface area contributed by atoms with Gasteiger partial charge in [0.25, 0.3) is 0 Å². The number of H-pyrrole nitrogens is 1. The van der Waals surface area contributed by atoms with Gasteiger partial charge in [-0.25, -0.2) is 0 Å². The molecule has 2 heterocycles. The second-order valence-electron chi connectivity index (χ2n) is 31.6. The van der Waals surface area contributed by atoms with E-state index >= 15 is 28.8 Å². The number of carbonyl (C=O) groups is 19. The summed E-state index contributed by atoms with van der Waals surface area (Å²) in [6, 6.07) is 3.32. The van der Waals surface area contributed by atoms with Gasteiger partial charge in [-0.15, -0.1) is 0 Å². The molecule has 18 amide bonds. The van der Waals surface area contributed by atoms with Crippen LogP contribution in [0.5, 0.6) is 5.75 Å². The number of aliphatic carboxylic acids is 1. The van der Waals surface area contributed by atoms with Crippen molar-refractivity contribution in [3.8, 4) is 5.75 Å². The molecule has 46 nitrogen and oxygen atoms in total. The summed E-state index contributed by atoms with van der Waals surface area (Å²) in [5.41, 5.74) is 44.0. The number of carboxylic acids is 1. The van der Waals surface area contributed by atoms with Crippen molar-refractivity contribution in [1.29, 1.82) is 5.41 Å². The first-order chi connectivity index (χ1) is 62.1. The minimum Gasteiger partial charge on any atom is -0.492 e. The number of aliphatic hydroxyl groups excluding tert-OH is 1. The zero-order valence-corrected chi connectivity index (χ0v) is 73.4. The molecule has 0 radical (unpaired) electrons. The minimum absolute atomic E-state index is 0.0405. The number of ether oxygens (including phenoxy) is 1. The summed E-state index contributed by atoms with van der Waals surface area (Å²) in [6.45, 7) is 3.71. The molecular weight excluding hydrogens is 1730 g/mol. The molecule has 0 spiro atoms. The molecule has 0 bridgehead atoms. The van der Waals surface area contributed by atoms with E-state index < -0.39 is 285 Å². The Morgan fingerprint density at radius 2 is 1.14 bits per heavy atom. The number of unbranched alkanes of at least 4 members (excludes halogenated alkanes) is 1. The van der Waals surface area contributed by atoms with E-state index in [0.717, 1.165) is 31.0 Å². The molecule has 4 aromatic carbocycles. The second kappa shape index (κ2) is 52.4. The van der Waals surface area contributed by atoms with Crippen molar-refractivity contribution in [2.45, 2.75) is 214 Å². The molecule has 5 aromatic rings. The highest BCUT2D eigenvalue weighted by atomic mass is 32.2. The van der Waals surface area contributed by atoms with Crippen LogP contribution in [0.25, 0.3) is 21.7 Å². The molecule has 34 N–H and O–H groups in total. The highest BCUT2D eigenvalue weighted by Crippen LogP contribution is 2.24. The van der Waals surface area contributed by atoms with Crippen LogP contribution in [0.2, 0.25) is 0 Å². The van der Waals surface area contributed by atoms with Crippen LogP contribution in [0, 0.1) is 5.41 Å². The van der Waals surface area contributed by atoms with E-state index in [1.165, 1.54) is 37.4 Å². The maximum absolute atomic E-state index is 15.9. The summed E-state index contributed by atoms with van der Waals surface area (Å²) in [4.78, 5) is 270. The topological polar surface area (TPSA) is 790 Å². The van der Waals surface area contributed by atoms with Crippen molar-refractivity contribution in [2.75, 3.05) is 37.7 Å². The summed E-state index contributed by atoms with van der Waals surface area (Å²) >= 11 is 0.831. The average molecular weight is 1850 g/mol. The van der Waals surface area contributed by atoms with Crippen molar-refractivity contribution in [2.24, 2.45) is 45.9 Å². The molecule has 1 aliphatic heterocycles. The van der Waals surface area contributed by atoms with E-state index in [2.05, 4.69) is 79.4 Å². The smallest absolute Gasteiger partial charge is 0.303 e. The number of amides is 18. The highest BCUT2D eigenvalue weighted by Gasteiger charge is 2.43.